The molecule has 0 aromatic rings. The summed E-state index contributed by atoms with van der Waals surface area (Å²) in [5.41, 5.74) is 0. The van der Waals surface area contributed by atoms with E-state index in [1.54, 1.807) is 0 Å². The van der Waals surface area contributed by atoms with Gasteiger partial charge in [-0.1, -0.05) is 0 Å². The van der Waals surface area contributed by atoms with Gasteiger partial charge in [-0.3, -0.25) is 13.2 Å². The Morgan fingerprint density at radius 3 is 2.14 bits per heavy atom. The predicted octanol–water partition coefficient (Wildman–Crippen LogP) is -2.47. The summed E-state index contributed by atoms with van der Waals surface area (Å²) in [5, 5.41) is 12.0. The van der Waals surface area contributed by atoms with Gasteiger partial charge in [0, 0.05) is 6.92 Å². The minimum atomic E-state index is -3.99. The summed E-state index contributed by atoms with van der Waals surface area (Å²) in [6.45, 7) is 0.764. The molecule has 1 fully saturated rings. The number of aliphatic hydroxyl groups is 1. The van der Waals surface area contributed by atoms with Crippen molar-refractivity contribution in [3.8, 4) is 0 Å². The van der Waals surface area contributed by atoms with Crippen LogP contribution in [0.25, 0.3) is 0 Å². The summed E-state index contributed by atoms with van der Waals surface area (Å²) in [7, 11) is -7.88. The molecule has 12 heteroatoms. The first-order chi connectivity index (χ1) is 9.39. The highest BCUT2D eigenvalue weighted by Crippen LogP contribution is 2.22. The molecule has 10 nitrogen and oxygen atoms in total. The number of ether oxygens (including phenoxy) is 1. The molecule has 1 amide bonds. The second-order valence-electron chi connectivity index (χ2n) is 4.55. The van der Waals surface area contributed by atoms with Crippen molar-refractivity contribution in [2.24, 2.45) is 0 Å². The molecule has 0 spiro atoms. The molecule has 124 valence electrons. The molecule has 0 radical (unpaired) electrons. The molecule has 21 heavy (non-hydrogen) atoms. The van der Waals surface area contributed by atoms with Crippen LogP contribution >= 0.6 is 0 Å². The quantitative estimate of drug-likeness (QED) is 0.517. The van der Waals surface area contributed by atoms with E-state index in [-0.39, 0.29) is 6.61 Å². The van der Waals surface area contributed by atoms with Crippen LogP contribution in [0.15, 0.2) is 0 Å². The van der Waals surface area contributed by atoms with Crippen molar-refractivity contribution in [2.75, 3.05) is 19.1 Å². The maximum absolute atomic E-state index is 11.2. The van der Waals surface area contributed by atoms with E-state index in [0.717, 1.165) is 19.4 Å². The van der Waals surface area contributed by atoms with E-state index < -0.39 is 50.7 Å². The highest BCUT2D eigenvalue weighted by molar-refractivity contribution is 7.86. The van der Waals surface area contributed by atoms with Gasteiger partial charge in [0.05, 0.1) is 25.2 Å². The first-order valence-electron chi connectivity index (χ1n) is 5.72. The molecular weight excluding hydrogens is 330 g/mol. The van der Waals surface area contributed by atoms with E-state index in [9.17, 15) is 26.7 Å². The number of carbonyl (C=O) groups is 1. The van der Waals surface area contributed by atoms with Crippen molar-refractivity contribution < 1.29 is 39.8 Å². The molecule has 4 atom stereocenters. The lowest BCUT2D eigenvalue weighted by atomic mass is 10.0. The normalized spacial score (nSPS) is 30.9. The van der Waals surface area contributed by atoms with Gasteiger partial charge in [0.2, 0.25) is 5.91 Å². The fraction of sp³-hybridized carbons (Fsp3) is 0.889. The number of amides is 1. The zero-order valence-corrected chi connectivity index (χ0v) is 13.2. The standard InChI is InChI=1S/C9H17NO9S2/c1-5(11)10-7-6(18-20(2,13)14)4-17-9(12)8(7)19-21(3,15)16/h6-9,12H,4H2,1-3H3,(H,10,11). The van der Waals surface area contributed by atoms with Gasteiger partial charge in [-0.25, -0.2) is 0 Å². The van der Waals surface area contributed by atoms with Crippen LogP contribution in [0.2, 0.25) is 0 Å². The Morgan fingerprint density at radius 2 is 1.71 bits per heavy atom. The largest absolute Gasteiger partial charge is 0.366 e. The summed E-state index contributed by atoms with van der Waals surface area (Å²) in [6, 6.07) is -1.23. The minimum absolute atomic E-state index is 0.372. The van der Waals surface area contributed by atoms with Crippen LogP contribution in [-0.2, 0) is 38.1 Å². The summed E-state index contributed by atoms with van der Waals surface area (Å²) in [6.07, 6.45) is -2.92. The molecule has 1 rings (SSSR count). The molecule has 1 saturated heterocycles. The zero-order chi connectivity index (χ0) is 16.4. The molecule has 0 aliphatic carbocycles. The maximum Gasteiger partial charge on any atom is 0.264 e. The topological polar surface area (TPSA) is 145 Å². The monoisotopic (exact) mass is 347 g/mol. The molecule has 1 aliphatic rings. The summed E-state index contributed by atoms with van der Waals surface area (Å²) in [4.78, 5) is 11.2. The Bertz CT molecular complexity index is 584. The highest BCUT2D eigenvalue weighted by Gasteiger charge is 2.45. The molecule has 0 bridgehead atoms. The summed E-state index contributed by atoms with van der Waals surface area (Å²) < 4.78 is 59.0. The second-order valence-corrected chi connectivity index (χ2v) is 7.76. The minimum Gasteiger partial charge on any atom is -0.366 e. The van der Waals surface area contributed by atoms with Crippen molar-refractivity contribution in [3.05, 3.63) is 0 Å². The Morgan fingerprint density at radius 1 is 1.19 bits per heavy atom. The third kappa shape index (κ3) is 6.23. The number of carbonyl (C=O) groups excluding carboxylic acids is 1. The lowest BCUT2D eigenvalue weighted by Crippen LogP contribution is -2.62. The van der Waals surface area contributed by atoms with Crippen LogP contribution in [0.4, 0.5) is 0 Å². The van der Waals surface area contributed by atoms with Gasteiger partial charge < -0.3 is 15.2 Å². The zero-order valence-electron chi connectivity index (χ0n) is 11.5. The van der Waals surface area contributed by atoms with Crippen LogP contribution in [0, 0.1) is 0 Å². The average molecular weight is 347 g/mol. The Kier molecular flexibility index (Phi) is 5.69. The average Bonchev–Trinajstić information content (AvgIpc) is 2.23. The second kappa shape index (κ2) is 6.54. The molecule has 0 aromatic heterocycles. The van der Waals surface area contributed by atoms with Gasteiger partial charge in [0.25, 0.3) is 20.2 Å². The molecule has 0 aromatic carbocycles. The number of rotatable bonds is 5. The van der Waals surface area contributed by atoms with E-state index >= 15 is 0 Å². The van der Waals surface area contributed by atoms with Crippen molar-refractivity contribution in [2.45, 2.75) is 31.5 Å². The van der Waals surface area contributed by atoms with Crippen LogP contribution < -0.4 is 5.32 Å². The molecule has 1 heterocycles. The van der Waals surface area contributed by atoms with Gasteiger partial charge in [0.15, 0.2) is 12.4 Å². The predicted molar refractivity (Wildman–Crippen MR) is 69.0 cm³/mol. The lowest BCUT2D eigenvalue weighted by Gasteiger charge is -2.39. The van der Waals surface area contributed by atoms with Crippen LogP contribution in [-0.4, -0.2) is 71.5 Å². The van der Waals surface area contributed by atoms with Gasteiger partial charge >= 0.3 is 0 Å². The fourth-order valence-electron chi connectivity index (χ4n) is 1.81. The van der Waals surface area contributed by atoms with Crippen molar-refractivity contribution in [1.29, 1.82) is 0 Å². The summed E-state index contributed by atoms with van der Waals surface area (Å²) in [5.74, 6) is -0.585. The molecule has 4 unspecified atom stereocenters. The van der Waals surface area contributed by atoms with E-state index in [4.69, 9.17) is 8.92 Å². The molecule has 2 N–H and O–H groups in total. The van der Waals surface area contributed by atoms with Gasteiger partial charge in [-0.05, 0) is 0 Å². The number of hydrogen-bond donors (Lipinski definition) is 2. The molecule has 1 aliphatic heterocycles. The fourth-order valence-corrected chi connectivity index (χ4v) is 3.05. The maximum atomic E-state index is 11.2. The van der Waals surface area contributed by atoms with Crippen LogP contribution in [0.1, 0.15) is 6.92 Å². The third-order valence-corrected chi connectivity index (χ3v) is 3.59. The summed E-state index contributed by atoms with van der Waals surface area (Å²) >= 11 is 0. The highest BCUT2D eigenvalue weighted by atomic mass is 32.2. The van der Waals surface area contributed by atoms with E-state index in [1.807, 2.05) is 0 Å². The molecular formula is C9H17NO9S2. The van der Waals surface area contributed by atoms with Gasteiger partial charge in [-0.15, -0.1) is 0 Å². The SMILES string of the molecule is CC(=O)NC1C(OS(C)(=O)=O)COC(O)C1OS(C)(=O)=O. The van der Waals surface area contributed by atoms with Gasteiger partial charge in [0.1, 0.15) is 6.10 Å². The van der Waals surface area contributed by atoms with E-state index in [2.05, 4.69) is 9.50 Å². The first-order valence-corrected chi connectivity index (χ1v) is 9.35. The van der Waals surface area contributed by atoms with Gasteiger partial charge in [-0.2, -0.15) is 16.8 Å². The van der Waals surface area contributed by atoms with E-state index in [0.29, 0.717) is 0 Å². The number of nitrogens with one attached hydrogen (secondary N) is 1. The van der Waals surface area contributed by atoms with Crippen molar-refractivity contribution in [1.82, 2.24) is 5.32 Å². The smallest absolute Gasteiger partial charge is 0.264 e. The Hall–Kier alpha value is -0.790. The number of aliphatic hydroxyl groups excluding tert-OH is 1. The van der Waals surface area contributed by atoms with Crippen molar-refractivity contribution in [3.63, 3.8) is 0 Å². The van der Waals surface area contributed by atoms with Crippen LogP contribution in [0.5, 0.6) is 0 Å². The first kappa shape index (κ1) is 18.3. The van der Waals surface area contributed by atoms with Crippen LogP contribution in [0.3, 0.4) is 0 Å². The van der Waals surface area contributed by atoms with Crippen molar-refractivity contribution >= 4 is 26.1 Å². The Labute approximate surface area is 122 Å². The third-order valence-electron chi connectivity index (χ3n) is 2.42. The molecule has 0 saturated carbocycles. The Balaban J connectivity index is 3.07. The van der Waals surface area contributed by atoms with E-state index in [1.165, 1.54) is 0 Å². The number of hydrogen-bond acceptors (Lipinski definition) is 9. The lowest BCUT2D eigenvalue weighted by molar-refractivity contribution is -0.210.